The normalized spacial score (nSPS) is 22.4. The molecule has 1 atom stereocenters. The highest BCUT2D eigenvalue weighted by molar-refractivity contribution is 6.33. The van der Waals surface area contributed by atoms with Crippen LogP contribution < -0.4 is 10.8 Å². The number of carbonyl (C=O) groups excluding carboxylic acids is 1. The molecule has 136 valence electrons. The van der Waals surface area contributed by atoms with E-state index in [0.717, 1.165) is 25.6 Å². The Morgan fingerprint density at radius 1 is 1.32 bits per heavy atom. The molecule has 6 nitrogen and oxygen atoms in total. The van der Waals surface area contributed by atoms with E-state index >= 15 is 0 Å². The predicted octanol–water partition coefficient (Wildman–Crippen LogP) is 3.07. The number of pyridine rings is 1. The van der Waals surface area contributed by atoms with Crippen molar-refractivity contribution in [2.45, 2.75) is 50.6 Å². The van der Waals surface area contributed by atoms with Gasteiger partial charge in [0.2, 0.25) is 0 Å². The van der Waals surface area contributed by atoms with Gasteiger partial charge in [0, 0.05) is 37.4 Å². The number of rotatable bonds is 5. The Kier molecular flexibility index (Phi) is 6.29. The van der Waals surface area contributed by atoms with Crippen LogP contribution in [0.4, 0.5) is 5.82 Å². The van der Waals surface area contributed by atoms with Crippen LogP contribution in [0.2, 0.25) is 5.02 Å². The highest BCUT2D eigenvalue weighted by atomic mass is 35.5. The molecule has 0 unspecified atom stereocenters. The van der Waals surface area contributed by atoms with Crippen LogP contribution in [0.5, 0.6) is 0 Å². The van der Waals surface area contributed by atoms with Crippen molar-refractivity contribution in [1.29, 1.82) is 0 Å². The number of aromatic nitrogens is 1. The summed E-state index contributed by atoms with van der Waals surface area (Å²) in [5.74, 6) is 0.0907. The Labute approximate surface area is 153 Å². The molecule has 0 aromatic carbocycles. The molecule has 1 saturated heterocycles. The summed E-state index contributed by atoms with van der Waals surface area (Å²) in [4.78, 5) is 18.0. The van der Waals surface area contributed by atoms with Gasteiger partial charge >= 0.3 is 0 Å². The second-order valence-corrected chi connectivity index (χ2v) is 7.23. The third-order valence-electron chi connectivity index (χ3n) is 5.05. The van der Waals surface area contributed by atoms with E-state index in [1.807, 2.05) is 0 Å². The van der Waals surface area contributed by atoms with E-state index in [2.05, 4.69) is 15.2 Å². The van der Waals surface area contributed by atoms with Crippen LogP contribution in [0.25, 0.3) is 6.08 Å². The fourth-order valence-electron chi connectivity index (χ4n) is 3.74. The molecule has 2 fully saturated rings. The molecule has 3 rings (SSSR count). The van der Waals surface area contributed by atoms with E-state index in [0.29, 0.717) is 22.4 Å². The Hall–Kier alpha value is -1.63. The monoisotopic (exact) mass is 364 g/mol. The minimum Gasteiger partial charge on any atom is -0.365 e. The molecule has 1 aliphatic heterocycles. The van der Waals surface area contributed by atoms with Crippen molar-refractivity contribution in [3.05, 3.63) is 28.9 Å². The molecule has 0 spiro atoms. The molecule has 1 saturated carbocycles. The molecule has 2 heterocycles. The maximum atomic E-state index is 11.0. The van der Waals surface area contributed by atoms with E-state index in [-0.39, 0.29) is 0 Å². The van der Waals surface area contributed by atoms with Gasteiger partial charge in [-0.05, 0) is 37.0 Å². The van der Waals surface area contributed by atoms with Gasteiger partial charge in [0.15, 0.2) is 0 Å². The van der Waals surface area contributed by atoms with Gasteiger partial charge in [0.1, 0.15) is 5.82 Å². The summed E-state index contributed by atoms with van der Waals surface area (Å²) in [7, 11) is 0. The smallest absolute Gasteiger partial charge is 0.267 e. The quantitative estimate of drug-likeness (QED) is 0.425. The Balaban J connectivity index is 1.56. The number of nitrogens with zero attached hydrogens (tertiary/aromatic N) is 2. The summed E-state index contributed by atoms with van der Waals surface area (Å²) in [6, 6.07) is 2.87. The maximum absolute atomic E-state index is 11.0. The van der Waals surface area contributed by atoms with Crippen LogP contribution in [0.1, 0.15) is 44.1 Å². The van der Waals surface area contributed by atoms with Crippen LogP contribution in [-0.4, -0.2) is 46.2 Å². The van der Waals surface area contributed by atoms with E-state index in [1.54, 1.807) is 23.8 Å². The lowest BCUT2D eigenvalue weighted by Gasteiger charge is -2.31. The van der Waals surface area contributed by atoms with Crippen LogP contribution in [0.15, 0.2) is 18.3 Å². The first kappa shape index (κ1) is 18.2. The molecular weight excluding hydrogens is 340 g/mol. The van der Waals surface area contributed by atoms with E-state index < -0.39 is 5.91 Å². The van der Waals surface area contributed by atoms with Crippen molar-refractivity contribution in [1.82, 2.24) is 15.4 Å². The number of amides is 1. The number of nitrogens with one attached hydrogen (secondary N) is 2. The van der Waals surface area contributed by atoms with E-state index in [9.17, 15) is 4.79 Å². The number of hydrogen-bond acceptors (Lipinski definition) is 5. The van der Waals surface area contributed by atoms with Crippen molar-refractivity contribution >= 4 is 29.4 Å². The first-order valence-electron chi connectivity index (χ1n) is 8.94. The van der Waals surface area contributed by atoms with Gasteiger partial charge in [-0.1, -0.05) is 30.9 Å². The molecule has 7 heteroatoms. The lowest BCUT2D eigenvalue weighted by molar-refractivity contribution is -0.124. The van der Waals surface area contributed by atoms with Crippen LogP contribution in [-0.2, 0) is 4.79 Å². The summed E-state index contributed by atoms with van der Waals surface area (Å²) >= 11 is 6.32. The number of anilines is 1. The first-order chi connectivity index (χ1) is 12.2. The van der Waals surface area contributed by atoms with Gasteiger partial charge in [-0.25, -0.2) is 10.5 Å². The molecule has 1 amide bonds. The Bertz CT molecular complexity index is 632. The molecule has 1 aromatic rings. The second kappa shape index (κ2) is 8.65. The standard InChI is InChI=1S/C18H25ClN4O2/c19-16-10-13(6-7-17(24)22-25)11-20-18(16)21-14-8-9-23(12-14)15-4-2-1-3-5-15/h6-7,10-11,14-15,25H,1-5,8-9,12H2,(H,20,21)(H,22,24)/t14-/m1/s1. The third-order valence-corrected chi connectivity index (χ3v) is 5.34. The minimum atomic E-state index is -0.591. The number of hydrogen-bond donors (Lipinski definition) is 3. The number of hydroxylamine groups is 1. The molecule has 2 aliphatic rings. The summed E-state index contributed by atoms with van der Waals surface area (Å²) in [5.41, 5.74) is 2.25. The first-order valence-corrected chi connectivity index (χ1v) is 9.32. The van der Waals surface area contributed by atoms with Crippen molar-refractivity contribution in [2.24, 2.45) is 0 Å². The molecule has 0 radical (unpaired) electrons. The zero-order valence-electron chi connectivity index (χ0n) is 14.2. The zero-order valence-corrected chi connectivity index (χ0v) is 15.0. The minimum absolute atomic E-state index is 0.369. The molecule has 0 bridgehead atoms. The molecule has 25 heavy (non-hydrogen) atoms. The van der Waals surface area contributed by atoms with Crippen molar-refractivity contribution < 1.29 is 10.0 Å². The van der Waals surface area contributed by atoms with Crippen LogP contribution in [0.3, 0.4) is 0 Å². The van der Waals surface area contributed by atoms with E-state index in [1.165, 1.54) is 38.2 Å². The summed E-state index contributed by atoms with van der Waals surface area (Å²) < 4.78 is 0. The van der Waals surface area contributed by atoms with Gasteiger partial charge in [-0.3, -0.25) is 14.9 Å². The average Bonchev–Trinajstić information content (AvgIpc) is 3.11. The van der Waals surface area contributed by atoms with Gasteiger partial charge < -0.3 is 5.32 Å². The third kappa shape index (κ3) is 4.93. The van der Waals surface area contributed by atoms with Crippen molar-refractivity contribution in [3.8, 4) is 0 Å². The summed E-state index contributed by atoms with van der Waals surface area (Å²) in [6.07, 6.45) is 12.3. The summed E-state index contributed by atoms with van der Waals surface area (Å²) in [6.45, 7) is 2.18. The van der Waals surface area contributed by atoms with Crippen LogP contribution >= 0.6 is 11.6 Å². The lowest BCUT2D eigenvalue weighted by atomic mass is 9.94. The highest BCUT2D eigenvalue weighted by Crippen LogP contribution is 2.28. The van der Waals surface area contributed by atoms with Gasteiger partial charge in [0.05, 0.1) is 5.02 Å². The molecule has 1 aromatic heterocycles. The molecule has 3 N–H and O–H groups in total. The Morgan fingerprint density at radius 2 is 2.12 bits per heavy atom. The molecular formula is C18H25ClN4O2. The number of likely N-dealkylation sites (tertiary alicyclic amines) is 1. The fraction of sp³-hybridized carbons (Fsp3) is 0.556. The molecule has 1 aliphatic carbocycles. The Morgan fingerprint density at radius 3 is 2.84 bits per heavy atom. The zero-order chi connectivity index (χ0) is 17.6. The highest BCUT2D eigenvalue weighted by Gasteiger charge is 2.29. The lowest BCUT2D eigenvalue weighted by Crippen LogP contribution is -2.36. The van der Waals surface area contributed by atoms with E-state index in [4.69, 9.17) is 16.8 Å². The SMILES string of the molecule is O=C(C=Cc1cnc(N[C@@H]2CCN(C3CCCCC3)C2)c(Cl)c1)NO. The van der Waals surface area contributed by atoms with Crippen molar-refractivity contribution in [2.75, 3.05) is 18.4 Å². The van der Waals surface area contributed by atoms with Gasteiger partial charge in [0.25, 0.3) is 5.91 Å². The average molecular weight is 365 g/mol. The van der Waals surface area contributed by atoms with Crippen molar-refractivity contribution in [3.63, 3.8) is 0 Å². The second-order valence-electron chi connectivity index (χ2n) is 6.83. The largest absolute Gasteiger partial charge is 0.365 e. The number of carbonyl (C=O) groups is 1. The predicted molar refractivity (Wildman–Crippen MR) is 98.7 cm³/mol. The maximum Gasteiger partial charge on any atom is 0.267 e. The van der Waals surface area contributed by atoms with Gasteiger partial charge in [-0.15, -0.1) is 0 Å². The summed E-state index contributed by atoms with van der Waals surface area (Å²) in [5, 5.41) is 12.5. The number of halogens is 1. The topological polar surface area (TPSA) is 77.5 Å². The van der Waals surface area contributed by atoms with Crippen LogP contribution in [0, 0.1) is 0 Å². The fourth-order valence-corrected chi connectivity index (χ4v) is 3.96. The van der Waals surface area contributed by atoms with Gasteiger partial charge in [-0.2, -0.15) is 0 Å².